The van der Waals surface area contributed by atoms with Crippen molar-refractivity contribution >= 4 is 5.91 Å². The molecule has 0 fully saturated rings. The van der Waals surface area contributed by atoms with Crippen molar-refractivity contribution in [1.29, 1.82) is 0 Å². The topological polar surface area (TPSA) is 55.1 Å². The molecule has 0 aliphatic carbocycles. The second-order valence-corrected chi connectivity index (χ2v) is 2.45. The number of carbonyl (C=O) groups is 1. The third-order valence-electron chi connectivity index (χ3n) is 1.49. The molecule has 3 nitrogen and oxygen atoms in total. The highest BCUT2D eigenvalue weighted by atomic mass is 16.1. The zero-order chi connectivity index (χ0) is 7.98. The van der Waals surface area contributed by atoms with Gasteiger partial charge >= 0.3 is 0 Å². The van der Waals surface area contributed by atoms with Gasteiger partial charge in [-0.15, -0.1) is 0 Å². The van der Waals surface area contributed by atoms with Gasteiger partial charge in [-0.05, 0) is 19.5 Å². The van der Waals surface area contributed by atoms with Gasteiger partial charge in [-0.25, -0.2) is 0 Å². The first-order chi connectivity index (χ1) is 4.68. The van der Waals surface area contributed by atoms with Crippen LogP contribution in [0.2, 0.25) is 0 Å². The number of rotatable bonds is 5. The maximum atomic E-state index is 10.5. The maximum absolute atomic E-state index is 10.5. The van der Waals surface area contributed by atoms with Crippen molar-refractivity contribution < 1.29 is 4.79 Å². The van der Waals surface area contributed by atoms with Gasteiger partial charge in [0.15, 0.2) is 0 Å². The molecule has 0 saturated heterocycles. The molecule has 0 spiro atoms. The van der Waals surface area contributed by atoms with Crippen LogP contribution in [0.4, 0.5) is 0 Å². The van der Waals surface area contributed by atoms with Crippen LogP contribution < -0.4 is 11.1 Å². The van der Waals surface area contributed by atoms with Crippen molar-refractivity contribution in [3.05, 3.63) is 0 Å². The molecule has 0 aromatic heterocycles. The Morgan fingerprint density at radius 2 is 2.30 bits per heavy atom. The first kappa shape index (κ1) is 9.43. The molecule has 0 aliphatic heterocycles. The molecule has 0 aromatic rings. The van der Waals surface area contributed by atoms with Crippen molar-refractivity contribution in [2.24, 2.45) is 11.7 Å². The molecule has 3 N–H and O–H groups in total. The van der Waals surface area contributed by atoms with E-state index in [0.29, 0.717) is 0 Å². The Kier molecular flexibility index (Phi) is 4.94. The van der Waals surface area contributed by atoms with Gasteiger partial charge in [0.25, 0.3) is 0 Å². The minimum atomic E-state index is -0.210. The first-order valence-electron chi connectivity index (χ1n) is 3.68. The molecule has 1 amide bonds. The summed E-state index contributed by atoms with van der Waals surface area (Å²) in [5.41, 5.74) is 5.05. The van der Waals surface area contributed by atoms with Crippen LogP contribution in [0.3, 0.4) is 0 Å². The van der Waals surface area contributed by atoms with E-state index in [4.69, 9.17) is 5.73 Å². The normalized spacial score (nSPS) is 13.0. The number of amides is 1. The van der Waals surface area contributed by atoms with E-state index in [1.54, 1.807) is 0 Å². The highest BCUT2D eigenvalue weighted by molar-refractivity contribution is 5.76. The summed E-state index contributed by atoms with van der Waals surface area (Å²) in [5.74, 6) is -0.211. The lowest BCUT2D eigenvalue weighted by Crippen LogP contribution is -2.25. The SMILES string of the molecule is CCNCCC(C)C(N)=O. The van der Waals surface area contributed by atoms with Gasteiger partial charge in [0.1, 0.15) is 0 Å². The average molecular weight is 144 g/mol. The minimum absolute atomic E-state index is 0.000880. The molecular formula is C7H16N2O. The summed E-state index contributed by atoms with van der Waals surface area (Å²) in [6.07, 6.45) is 0.836. The number of carbonyl (C=O) groups excluding carboxylic acids is 1. The van der Waals surface area contributed by atoms with E-state index in [9.17, 15) is 4.79 Å². The maximum Gasteiger partial charge on any atom is 0.220 e. The standard InChI is InChI=1S/C7H16N2O/c1-3-9-5-4-6(2)7(8)10/h6,9H,3-5H2,1-2H3,(H2,8,10). The highest BCUT2D eigenvalue weighted by Gasteiger charge is 2.06. The molecule has 0 aliphatic rings. The molecule has 0 aromatic carbocycles. The largest absolute Gasteiger partial charge is 0.369 e. The van der Waals surface area contributed by atoms with Gasteiger partial charge in [0.2, 0.25) is 5.91 Å². The van der Waals surface area contributed by atoms with Crippen LogP contribution in [0.25, 0.3) is 0 Å². The van der Waals surface area contributed by atoms with Gasteiger partial charge in [-0.1, -0.05) is 13.8 Å². The van der Waals surface area contributed by atoms with Gasteiger partial charge in [0, 0.05) is 5.92 Å². The molecule has 0 bridgehead atoms. The summed E-state index contributed by atoms with van der Waals surface area (Å²) in [6.45, 7) is 5.71. The monoisotopic (exact) mass is 144 g/mol. The fraction of sp³-hybridized carbons (Fsp3) is 0.857. The van der Waals surface area contributed by atoms with Crippen LogP contribution in [-0.2, 0) is 4.79 Å². The molecule has 0 saturated carbocycles. The third-order valence-corrected chi connectivity index (χ3v) is 1.49. The number of hydrogen-bond acceptors (Lipinski definition) is 2. The van der Waals surface area contributed by atoms with E-state index in [0.717, 1.165) is 19.5 Å². The van der Waals surface area contributed by atoms with Gasteiger partial charge in [0.05, 0.1) is 0 Å². The first-order valence-corrected chi connectivity index (χ1v) is 3.68. The summed E-state index contributed by atoms with van der Waals surface area (Å²) < 4.78 is 0. The second kappa shape index (κ2) is 5.23. The lowest BCUT2D eigenvalue weighted by Gasteiger charge is -2.05. The van der Waals surface area contributed by atoms with E-state index < -0.39 is 0 Å². The fourth-order valence-electron chi connectivity index (χ4n) is 0.638. The van der Waals surface area contributed by atoms with Crippen LogP contribution in [0.5, 0.6) is 0 Å². The average Bonchev–Trinajstić information content (AvgIpc) is 1.88. The van der Waals surface area contributed by atoms with E-state index in [2.05, 4.69) is 5.32 Å². The van der Waals surface area contributed by atoms with Gasteiger partial charge in [-0.3, -0.25) is 4.79 Å². The molecule has 3 heteroatoms. The second-order valence-electron chi connectivity index (χ2n) is 2.45. The van der Waals surface area contributed by atoms with E-state index in [-0.39, 0.29) is 11.8 Å². The van der Waals surface area contributed by atoms with Crippen LogP contribution in [0.1, 0.15) is 20.3 Å². The van der Waals surface area contributed by atoms with Crippen molar-refractivity contribution in [3.8, 4) is 0 Å². The Labute approximate surface area is 62.0 Å². The summed E-state index contributed by atoms with van der Waals surface area (Å²) in [7, 11) is 0. The summed E-state index contributed by atoms with van der Waals surface area (Å²) in [5, 5.41) is 3.13. The lowest BCUT2D eigenvalue weighted by molar-refractivity contribution is -0.121. The molecule has 0 radical (unpaired) electrons. The van der Waals surface area contributed by atoms with Crippen LogP contribution in [-0.4, -0.2) is 19.0 Å². The fourth-order valence-corrected chi connectivity index (χ4v) is 0.638. The number of nitrogens with one attached hydrogen (secondary N) is 1. The van der Waals surface area contributed by atoms with Gasteiger partial charge in [-0.2, -0.15) is 0 Å². The van der Waals surface area contributed by atoms with Crippen LogP contribution in [0, 0.1) is 5.92 Å². The van der Waals surface area contributed by atoms with Crippen LogP contribution in [0.15, 0.2) is 0 Å². The quantitative estimate of drug-likeness (QED) is 0.538. The zero-order valence-corrected chi connectivity index (χ0v) is 6.68. The summed E-state index contributed by atoms with van der Waals surface area (Å²) >= 11 is 0. The molecule has 1 unspecified atom stereocenters. The van der Waals surface area contributed by atoms with Crippen LogP contribution >= 0.6 is 0 Å². The summed E-state index contributed by atoms with van der Waals surface area (Å²) in [4.78, 5) is 10.5. The Morgan fingerprint density at radius 3 is 2.70 bits per heavy atom. The number of nitrogens with two attached hydrogens (primary N) is 1. The molecule has 0 heterocycles. The van der Waals surface area contributed by atoms with E-state index in [1.165, 1.54) is 0 Å². The number of primary amides is 1. The smallest absolute Gasteiger partial charge is 0.220 e. The Hall–Kier alpha value is -0.570. The third kappa shape index (κ3) is 4.32. The van der Waals surface area contributed by atoms with Crippen molar-refractivity contribution in [2.45, 2.75) is 20.3 Å². The Morgan fingerprint density at radius 1 is 1.70 bits per heavy atom. The molecule has 1 atom stereocenters. The lowest BCUT2D eigenvalue weighted by atomic mass is 10.1. The highest BCUT2D eigenvalue weighted by Crippen LogP contribution is 1.97. The molecule has 10 heavy (non-hydrogen) atoms. The Balaban J connectivity index is 3.21. The van der Waals surface area contributed by atoms with Crippen molar-refractivity contribution in [2.75, 3.05) is 13.1 Å². The Bertz CT molecular complexity index is 104. The number of hydrogen-bond donors (Lipinski definition) is 2. The molecule has 0 rings (SSSR count). The van der Waals surface area contributed by atoms with Crippen molar-refractivity contribution in [1.82, 2.24) is 5.32 Å². The van der Waals surface area contributed by atoms with Gasteiger partial charge < -0.3 is 11.1 Å². The predicted molar refractivity (Wildman–Crippen MR) is 41.5 cm³/mol. The zero-order valence-electron chi connectivity index (χ0n) is 6.68. The molecular weight excluding hydrogens is 128 g/mol. The minimum Gasteiger partial charge on any atom is -0.369 e. The van der Waals surface area contributed by atoms with E-state index in [1.807, 2.05) is 13.8 Å². The van der Waals surface area contributed by atoms with Crippen molar-refractivity contribution in [3.63, 3.8) is 0 Å². The molecule has 60 valence electrons. The summed E-state index contributed by atoms with van der Waals surface area (Å²) in [6, 6.07) is 0. The predicted octanol–water partition coefficient (Wildman–Crippen LogP) is 0.107. The van der Waals surface area contributed by atoms with E-state index >= 15 is 0 Å².